The van der Waals surface area contributed by atoms with Gasteiger partial charge in [-0.3, -0.25) is 0 Å². The standard InChI is InChI=1S/C18H32N2/c1-6-13-19-18(17-11-9-8-10-12-17)15(3)14-20(5)16(4)7-2/h8-12,15-16,18-19H,6-7,13-14H2,1-5H3. The molecule has 0 saturated carbocycles. The first-order valence-corrected chi connectivity index (χ1v) is 8.08. The maximum absolute atomic E-state index is 3.72. The molecule has 0 bridgehead atoms. The molecule has 0 aliphatic heterocycles. The minimum Gasteiger partial charge on any atom is -0.310 e. The zero-order valence-corrected chi connectivity index (χ0v) is 13.9. The first-order valence-electron chi connectivity index (χ1n) is 8.08. The average molecular weight is 276 g/mol. The normalized spacial score (nSPS) is 16.1. The summed E-state index contributed by atoms with van der Waals surface area (Å²) in [6.45, 7) is 11.4. The van der Waals surface area contributed by atoms with Crippen molar-refractivity contribution < 1.29 is 0 Å². The van der Waals surface area contributed by atoms with E-state index >= 15 is 0 Å². The van der Waals surface area contributed by atoms with Gasteiger partial charge in [0.25, 0.3) is 0 Å². The van der Waals surface area contributed by atoms with Gasteiger partial charge in [-0.25, -0.2) is 0 Å². The molecule has 0 amide bonds. The summed E-state index contributed by atoms with van der Waals surface area (Å²) in [6.07, 6.45) is 2.39. The highest BCUT2D eigenvalue weighted by atomic mass is 15.1. The van der Waals surface area contributed by atoms with Crippen LogP contribution in [0.2, 0.25) is 0 Å². The summed E-state index contributed by atoms with van der Waals surface area (Å²) in [5.74, 6) is 0.600. The lowest BCUT2D eigenvalue weighted by Gasteiger charge is -2.32. The van der Waals surface area contributed by atoms with Gasteiger partial charge in [-0.1, -0.05) is 51.1 Å². The molecule has 20 heavy (non-hydrogen) atoms. The maximum atomic E-state index is 3.72. The van der Waals surface area contributed by atoms with Crippen molar-refractivity contribution in [2.24, 2.45) is 5.92 Å². The molecule has 0 saturated heterocycles. The molecule has 0 radical (unpaired) electrons. The minimum absolute atomic E-state index is 0.447. The molecule has 0 spiro atoms. The Labute approximate surface area is 125 Å². The number of nitrogens with zero attached hydrogens (tertiary/aromatic N) is 1. The largest absolute Gasteiger partial charge is 0.310 e. The van der Waals surface area contributed by atoms with Crippen molar-refractivity contribution in [3.05, 3.63) is 35.9 Å². The van der Waals surface area contributed by atoms with Crippen LogP contribution in [-0.4, -0.2) is 31.1 Å². The van der Waals surface area contributed by atoms with E-state index in [0.29, 0.717) is 18.0 Å². The van der Waals surface area contributed by atoms with E-state index in [1.807, 2.05) is 0 Å². The number of benzene rings is 1. The second-order valence-corrected chi connectivity index (χ2v) is 6.02. The highest BCUT2D eigenvalue weighted by molar-refractivity contribution is 5.19. The van der Waals surface area contributed by atoms with Gasteiger partial charge in [0.1, 0.15) is 0 Å². The van der Waals surface area contributed by atoms with E-state index in [0.717, 1.165) is 13.1 Å². The van der Waals surface area contributed by atoms with Crippen molar-refractivity contribution >= 4 is 0 Å². The van der Waals surface area contributed by atoms with Crippen LogP contribution >= 0.6 is 0 Å². The topological polar surface area (TPSA) is 15.3 Å². The fourth-order valence-electron chi connectivity index (χ4n) is 2.66. The number of hydrogen-bond donors (Lipinski definition) is 1. The van der Waals surface area contributed by atoms with Gasteiger partial charge in [0, 0.05) is 18.6 Å². The average Bonchev–Trinajstić information content (AvgIpc) is 2.47. The molecule has 1 aromatic rings. The van der Waals surface area contributed by atoms with Gasteiger partial charge >= 0.3 is 0 Å². The number of nitrogens with one attached hydrogen (secondary N) is 1. The minimum atomic E-state index is 0.447. The van der Waals surface area contributed by atoms with Crippen molar-refractivity contribution in [3.63, 3.8) is 0 Å². The molecule has 2 nitrogen and oxygen atoms in total. The predicted octanol–water partition coefficient (Wildman–Crippen LogP) is 4.09. The first kappa shape index (κ1) is 17.2. The van der Waals surface area contributed by atoms with Gasteiger partial charge < -0.3 is 10.2 Å². The first-order chi connectivity index (χ1) is 9.60. The van der Waals surface area contributed by atoms with Crippen LogP contribution in [0.4, 0.5) is 0 Å². The van der Waals surface area contributed by atoms with Gasteiger partial charge in [0.2, 0.25) is 0 Å². The summed E-state index contributed by atoms with van der Waals surface area (Å²) < 4.78 is 0. The third-order valence-electron chi connectivity index (χ3n) is 4.26. The molecule has 2 heteroatoms. The van der Waals surface area contributed by atoms with E-state index < -0.39 is 0 Å². The second-order valence-electron chi connectivity index (χ2n) is 6.02. The summed E-state index contributed by atoms with van der Waals surface area (Å²) in [7, 11) is 2.24. The molecule has 0 heterocycles. The second kappa shape index (κ2) is 9.15. The lowest BCUT2D eigenvalue weighted by molar-refractivity contribution is 0.196. The molecule has 0 aliphatic carbocycles. The molecule has 1 rings (SSSR count). The van der Waals surface area contributed by atoms with Crippen LogP contribution < -0.4 is 5.32 Å². The fourth-order valence-corrected chi connectivity index (χ4v) is 2.66. The third kappa shape index (κ3) is 5.26. The summed E-state index contributed by atoms with van der Waals surface area (Å²) in [5, 5.41) is 3.72. The molecule has 0 aromatic heterocycles. The van der Waals surface area contributed by atoms with Crippen molar-refractivity contribution in [2.75, 3.05) is 20.1 Å². The molecule has 1 aromatic carbocycles. The third-order valence-corrected chi connectivity index (χ3v) is 4.26. The van der Waals surface area contributed by atoms with Gasteiger partial charge in [0.05, 0.1) is 0 Å². The predicted molar refractivity (Wildman–Crippen MR) is 89.0 cm³/mol. The van der Waals surface area contributed by atoms with Crippen molar-refractivity contribution in [1.29, 1.82) is 0 Å². The van der Waals surface area contributed by atoms with Gasteiger partial charge in [0.15, 0.2) is 0 Å². The van der Waals surface area contributed by atoms with Crippen LogP contribution in [0.15, 0.2) is 30.3 Å². The van der Waals surface area contributed by atoms with E-state index in [-0.39, 0.29) is 0 Å². The number of hydrogen-bond acceptors (Lipinski definition) is 2. The molecule has 3 unspecified atom stereocenters. The molecule has 1 N–H and O–H groups in total. The van der Waals surface area contributed by atoms with E-state index in [2.05, 4.69) is 75.3 Å². The Morgan fingerprint density at radius 3 is 2.30 bits per heavy atom. The Morgan fingerprint density at radius 1 is 1.10 bits per heavy atom. The maximum Gasteiger partial charge on any atom is 0.0358 e. The highest BCUT2D eigenvalue weighted by Crippen LogP contribution is 2.23. The quantitative estimate of drug-likeness (QED) is 0.730. The van der Waals surface area contributed by atoms with Crippen LogP contribution in [0, 0.1) is 5.92 Å². The fraction of sp³-hybridized carbons (Fsp3) is 0.667. The van der Waals surface area contributed by atoms with Crippen molar-refractivity contribution in [3.8, 4) is 0 Å². The Morgan fingerprint density at radius 2 is 1.75 bits per heavy atom. The van der Waals surface area contributed by atoms with Crippen LogP contribution in [0.25, 0.3) is 0 Å². The SMILES string of the molecule is CCCNC(c1ccccc1)C(C)CN(C)C(C)CC. The summed E-state index contributed by atoms with van der Waals surface area (Å²) in [6, 6.07) is 12.0. The van der Waals surface area contributed by atoms with Gasteiger partial charge in [-0.2, -0.15) is 0 Å². The van der Waals surface area contributed by atoms with Crippen LogP contribution in [0.3, 0.4) is 0 Å². The Kier molecular flexibility index (Phi) is 7.86. The van der Waals surface area contributed by atoms with Crippen molar-refractivity contribution in [2.45, 2.75) is 52.6 Å². The lowest BCUT2D eigenvalue weighted by Crippen LogP contribution is -2.38. The Bertz CT molecular complexity index is 350. The van der Waals surface area contributed by atoms with Crippen LogP contribution in [0.5, 0.6) is 0 Å². The summed E-state index contributed by atoms with van der Waals surface area (Å²) >= 11 is 0. The summed E-state index contributed by atoms with van der Waals surface area (Å²) in [5.41, 5.74) is 1.41. The molecule has 0 aliphatic rings. The van der Waals surface area contributed by atoms with E-state index in [1.54, 1.807) is 0 Å². The monoisotopic (exact) mass is 276 g/mol. The smallest absolute Gasteiger partial charge is 0.0358 e. The van der Waals surface area contributed by atoms with Gasteiger partial charge in [-0.15, -0.1) is 0 Å². The van der Waals surface area contributed by atoms with Crippen molar-refractivity contribution in [1.82, 2.24) is 10.2 Å². The Balaban J connectivity index is 2.72. The summed E-state index contributed by atoms with van der Waals surface area (Å²) in [4.78, 5) is 2.48. The van der Waals surface area contributed by atoms with E-state index in [9.17, 15) is 0 Å². The molecule has 3 atom stereocenters. The van der Waals surface area contributed by atoms with E-state index in [1.165, 1.54) is 18.4 Å². The highest BCUT2D eigenvalue weighted by Gasteiger charge is 2.21. The van der Waals surface area contributed by atoms with Gasteiger partial charge in [-0.05, 0) is 44.8 Å². The molecular weight excluding hydrogens is 244 g/mol. The zero-order valence-electron chi connectivity index (χ0n) is 13.9. The zero-order chi connectivity index (χ0) is 15.0. The van der Waals surface area contributed by atoms with Crippen LogP contribution in [0.1, 0.15) is 52.1 Å². The molecule has 114 valence electrons. The molecule has 0 fully saturated rings. The Hall–Kier alpha value is -0.860. The van der Waals surface area contributed by atoms with E-state index in [4.69, 9.17) is 0 Å². The number of rotatable bonds is 9. The van der Waals surface area contributed by atoms with Crippen LogP contribution in [-0.2, 0) is 0 Å². The molecular formula is C18H32N2. The lowest BCUT2D eigenvalue weighted by atomic mass is 9.93.